The lowest BCUT2D eigenvalue weighted by atomic mass is 10.0. The highest BCUT2D eigenvalue weighted by atomic mass is 16.4. The Morgan fingerprint density at radius 1 is 1.06 bits per heavy atom. The molecule has 0 radical (unpaired) electrons. The second-order valence-corrected chi connectivity index (χ2v) is 8.70. The van der Waals surface area contributed by atoms with E-state index in [4.69, 9.17) is 5.73 Å². The number of H-pyrrole nitrogens is 1. The van der Waals surface area contributed by atoms with Gasteiger partial charge in [-0.15, -0.1) is 0 Å². The summed E-state index contributed by atoms with van der Waals surface area (Å²) in [7, 11) is 0. The van der Waals surface area contributed by atoms with Crippen LogP contribution in [0.4, 0.5) is 0 Å². The van der Waals surface area contributed by atoms with Crippen LogP contribution in [0.1, 0.15) is 32.8 Å². The maximum Gasteiger partial charge on any atom is 0.326 e. The Hall–Kier alpha value is -3.44. The van der Waals surface area contributed by atoms with Crippen molar-refractivity contribution in [1.82, 2.24) is 20.9 Å². The Morgan fingerprint density at radius 3 is 2.35 bits per heavy atom. The van der Waals surface area contributed by atoms with Gasteiger partial charge in [0.2, 0.25) is 17.7 Å². The smallest absolute Gasteiger partial charge is 0.326 e. The van der Waals surface area contributed by atoms with Crippen LogP contribution in [0.15, 0.2) is 30.5 Å². The fourth-order valence-electron chi connectivity index (χ4n) is 3.51. The summed E-state index contributed by atoms with van der Waals surface area (Å²) < 4.78 is 0. The lowest BCUT2D eigenvalue weighted by Crippen LogP contribution is -2.57. The van der Waals surface area contributed by atoms with E-state index < -0.39 is 54.5 Å². The fourth-order valence-corrected chi connectivity index (χ4v) is 3.51. The highest BCUT2D eigenvalue weighted by Crippen LogP contribution is 2.18. The topological polar surface area (TPSA) is 187 Å². The monoisotopic (exact) mass is 475 g/mol. The Balaban J connectivity index is 1.89. The van der Waals surface area contributed by atoms with Crippen LogP contribution in [0.2, 0.25) is 0 Å². The average Bonchev–Trinajstić information content (AvgIpc) is 3.17. The molecular formula is C23H33N5O6. The van der Waals surface area contributed by atoms with E-state index in [1.807, 2.05) is 38.1 Å². The number of fused-ring (bicyclic) bond motifs is 1. The minimum Gasteiger partial charge on any atom is -0.480 e. The Labute approximate surface area is 197 Å². The van der Waals surface area contributed by atoms with Gasteiger partial charge in [0.15, 0.2) is 0 Å². The van der Waals surface area contributed by atoms with Gasteiger partial charge in [-0.2, -0.15) is 0 Å². The molecule has 0 fully saturated rings. The standard InChI is InChI=1S/C23H33N5O6/c1-12(2)8-18(23(33)34)27-22(32)20(13(3)29)28-19(30)11-26-21(31)16(24)9-14-10-25-17-7-5-4-6-15(14)17/h4-7,10,12-13,16,18,20,25,29H,8-9,11,24H2,1-3H3,(H,26,31)(H,27,32)(H,28,30)(H,33,34). The molecule has 1 aromatic carbocycles. The molecule has 0 aliphatic carbocycles. The molecule has 11 nitrogen and oxygen atoms in total. The molecule has 0 spiro atoms. The van der Waals surface area contributed by atoms with Gasteiger partial charge in [0, 0.05) is 17.1 Å². The van der Waals surface area contributed by atoms with E-state index in [0.717, 1.165) is 16.5 Å². The number of hydrogen-bond donors (Lipinski definition) is 7. The number of aliphatic hydroxyl groups is 1. The molecule has 3 amide bonds. The van der Waals surface area contributed by atoms with E-state index in [0.29, 0.717) is 0 Å². The predicted molar refractivity (Wildman–Crippen MR) is 126 cm³/mol. The molecule has 0 saturated carbocycles. The second kappa shape index (κ2) is 12.1. The third-order valence-electron chi connectivity index (χ3n) is 5.28. The number of aromatic amines is 1. The summed E-state index contributed by atoms with van der Waals surface area (Å²) >= 11 is 0. The van der Waals surface area contributed by atoms with E-state index in [1.165, 1.54) is 6.92 Å². The van der Waals surface area contributed by atoms with Crippen LogP contribution < -0.4 is 21.7 Å². The summed E-state index contributed by atoms with van der Waals surface area (Å²) in [5, 5.41) is 27.2. The maximum atomic E-state index is 12.5. The Bertz CT molecular complexity index is 1020. The van der Waals surface area contributed by atoms with Gasteiger partial charge in [-0.05, 0) is 37.3 Å². The van der Waals surface area contributed by atoms with Crippen LogP contribution in [0.25, 0.3) is 10.9 Å². The minimum absolute atomic E-state index is 0.00432. The van der Waals surface area contributed by atoms with Gasteiger partial charge in [-0.25, -0.2) is 4.79 Å². The van der Waals surface area contributed by atoms with Gasteiger partial charge in [0.1, 0.15) is 12.1 Å². The molecule has 4 atom stereocenters. The van der Waals surface area contributed by atoms with E-state index in [1.54, 1.807) is 6.20 Å². The zero-order valence-electron chi connectivity index (χ0n) is 19.5. The molecule has 8 N–H and O–H groups in total. The number of aromatic nitrogens is 1. The van der Waals surface area contributed by atoms with Crippen molar-refractivity contribution in [3.63, 3.8) is 0 Å². The Morgan fingerprint density at radius 2 is 1.74 bits per heavy atom. The first-order chi connectivity index (χ1) is 16.0. The zero-order valence-corrected chi connectivity index (χ0v) is 19.5. The average molecular weight is 476 g/mol. The summed E-state index contributed by atoms with van der Waals surface area (Å²) in [6, 6.07) is 4.13. The van der Waals surface area contributed by atoms with Crippen molar-refractivity contribution in [1.29, 1.82) is 0 Å². The van der Waals surface area contributed by atoms with Crippen molar-refractivity contribution >= 4 is 34.6 Å². The van der Waals surface area contributed by atoms with Crippen LogP contribution in [-0.2, 0) is 25.6 Å². The molecule has 4 unspecified atom stereocenters. The minimum atomic E-state index is -1.39. The molecular weight excluding hydrogens is 442 g/mol. The van der Waals surface area contributed by atoms with Crippen molar-refractivity contribution in [3.8, 4) is 0 Å². The number of rotatable bonds is 12. The van der Waals surface area contributed by atoms with Crippen LogP contribution in [0.5, 0.6) is 0 Å². The van der Waals surface area contributed by atoms with Crippen molar-refractivity contribution < 1.29 is 29.4 Å². The van der Waals surface area contributed by atoms with Crippen LogP contribution in [-0.4, -0.2) is 69.7 Å². The normalized spacial score (nSPS) is 14.8. The number of carbonyl (C=O) groups excluding carboxylic acids is 3. The van der Waals surface area contributed by atoms with Crippen molar-refractivity contribution in [2.75, 3.05) is 6.54 Å². The zero-order chi connectivity index (χ0) is 25.4. The largest absolute Gasteiger partial charge is 0.480 e. The molecule has 1 heterocycles. The molecule has 0 saturated heterocycles. The first-order valence-electron chi connectivity index (χ1n) is 11.1. The number of aliphatic carboxylic acids is 1. The van der Waals surface area contributed by atoms with Gasteiger partial charge < -0.3 is 36.9 Å². The molecule has 11 heteroatoms. The van der Waals surface area contributed by atoms with E-state index >= 15 is 0 Å². The quantitative estimate of drug-likeness (QED) is 0.218. The van der Waals surface area contributed by atoms with Crippen molar-refractivity contribution in [2.24, 2.45) is 11.7 Å². The number of amides is 3. The lowest BCUT2D eigenvalue weighted by molar-refractivity contribution is -0.143. The molecule has 186 valence electrons. The number of nitrogens with one attached hydrogen (secondary N) is 4. The third kappa shape index (κ3) is 7.56. The Kier molecular flexibility index (Phi) is 9.58. The first-order valence-corrected chi connectivity index (χ1v) is 11.1. The lowest BCUT2D eigenvalue weighted by Gasteiger charge is -2.24. The van der Waals surface area contributed by atoms with Crippen LogP contribution in [0, 0.1) is 5.92 Å². The van der Waals surface area contributed by atoms with Gasteiger partial charge in [-0.1, -0.05) is 32.0 Å². The predicted octanol–water partition coefficient (Wildman–Crippen LogP) is -0.365. The van der Waals surface area contributed by atoms with E-state index in [2.05, 4.69) is 20.9 Å². The highest BCUT2D eigenvalue weighted by Gasteiger charge is 2.30. The second-order valence-electron chi connectivity index (χ2n) is 8.70. The highest BCUT2D eigenvalue weighted by molar-refractivity contribution is 5.93. The van der Waals surface area contributed by atoms with Gasteiger partial charge in [0.25, 0.3) is 0 Å². The van der Waals surface area contributed by atoms with Gasteiger partial charge >= 0.3 is 5.97 Å². The molecule has 0 aliphatic heterocycles. The molecule has 0 bridgehead atoms. The molecule has 2 rings (SSSR count). The van der Waals surface area contributed by atoms with Gasteiger partial charge in [0.05, 0.1) is 18.7 Å². The number of para-hydroxylation sites is 1. The number of aliphatic hydroxyl groups excluding tert-OH is 1. The number of hydrogen-bond acceptors (Lipinski definition) is 6. The third-order valence-corrected chi connectivity index (χ3v) is 5.28. The fraction of sp³-hybridized carbons (Fsp3) is 0.478. The first kappa shape index (κ1) is 26.8. The SMILES string of the molecule is CC(C)CC(NC(=O)C(NC(=O)CNC(=O)C(N)Cc1c[nH]c2ccccc12)C(C)O)C(=O)O. The number of carbonyl (C=O) groups is 4. The van der Waals surface area contributed by atoms with Crippen molar-refractivity contribution in [2.45, 2.75) is 57.8 Å². The number of carboxylic acids is 1. The molecule has 34 heavy (non-hydrogen) atoms. The van der Waals surface area contributed by atoms with Crippen LogP contribution >= 0.6 is 0 Å². The number of nitrogens with two attached hydrogens (primary N) is 1. The maximum absolute atomic E-state index is 12.5. The van der Waals surface area contributed by atoms with Crippen LogP contribution in [0.3, 0.4) is 0 Å². The summed E-state index contributed by atoms with van der Waals surface area (Å²) in [6.45, 7) is 4.44. The van der Waals surface area contributed by atoms with E-state index in [9.17, 15) is 29.4 Å². The summed E-state index contributed by atoms with van der Waals surface area (Å²) in [5.74, 6) is -3.33. The summed E-state index contributed by atoms with van der Waals surface area (Å²) in [6.07, 6.45) is 0.923. The summed E-state index contributed by atoms with van der Waals surface area (Å²) in [4.78, 5) is 51.6. The molecule has 0 aliphatic rings. The van der Waals surface area contributed by atoms with Gasteiger partial charge in [-0.3, -0.25) is 14.4 Å². The number of benzene rings is 1. The van der Waals surface area contributed by atoms with E-state index in [-0.39, 0.29) is 18.8 Å². The molecule has 2 aromatic rings. The van der Waals surface area contributed by atoms with Crippen molar-refractivity contribution in [3.05, 3.63) is 36.0 Å². The number of carboxylic acid groups (broad SMARTS) is 1. The molecule has 1 aromatic heterocycles. The summed E-state index contributed by atoms with van der Waals surface area (Å²) in [5.41, 5.74) is 7.77.